The Morgan fingerprint density at radius 1 is 0.917 bits per heavy atom. The fourth-order valence-electron chi connectivity index (χ4n) is 4.65. The van der Waals surface area contributed by atoms with E-state index < -0.39 is 8.32 Å². The molecule has 2 nitrogen and oxygen atoms in total. The normalized spacial score (nSPS) is 22.5. The quantitative estimate of drug-likeness (QED) is 0.750. The van der Waals surface area contributed by atoms with Crippen molar-refractivity contribution < 1.29 is 4.80 Å². The molecule has 0 aromatic heterocycles. The van der Waals surface area contributed by atoms with Gasteiger partial charge in [0, 0.05) is 0 Å². The van der Waals surface area contributed by atoms with Crippen LogP contribution in [0.1, 0.15) is 57.8 Å². The highest BCUT2D eigenvalue weighted by Gasteiger charge is 2.41. The first-order valence-electron chi connectivity index (χ1n) is 9.79. The van der Waals surface area contributed by atoms with Crippen LogP contribution in [0, 0.1) is 0 Å². The topological polar surface area (TPSA) is 23.5 Å². The number of halogens is 1. The van der Waals surface area contributed by atoms with E-state index in [1.165, 1.54) is 82.6 Å². The number of rotatable bonds is 6. The summed E-state index contributed by atoms with van der Waals surface area (Å²) in [7, 11) is -2.34. The van der Waals surface area contributed by atoms with Crippen LogP contribution in [0.25, 0.3) is 0 Å². The molecule has 1 N–H and O–H groups in total. The first-order chi connectivity index (χ1) is 11.3. The highest BCUT2D eigenvalue weighted by Crippen LogP contribution is 2.38. The Morgan fingerprint density at radius 2 is 1.54 bits per heavy atom. The molecular formula is C20H34ClNOSi. The average Bonchev–Trinajstić information content (AvgIpc) is 2.64. The standard InChI is InChI=1S/C20H33NOSi.ClH/c22-23(19-11-4-1-5-12-19,20-13-6-2-7-14-20)18-10-17-21-15-8-3-9-16-21;/h1,4-5,11-12,20,22H,2-3,6-10,13-18H2;1H. The molecule has 2 fully saturated rings. The van der Waals surface area contributed by atoms with Crippen LogP contribution in [0.2, 0.25) is 11.6 Å². The number of hydrogen-bond donors (Lipinski definition) is 1. The molecule has 3 rings (SSSR count). The summed E-state index contributed by atoms with van der Waals surface area (Å²) >= 11 is 0. The van der Waals surface area contributed by atoms with Gasteiger partial charge in [-0.05, 0) is 55.7 Å². The van der Waals surface area contributed by atoms with Gasteiger partial charge in [-0.1, -0.05) is 68.9 Å². The van der Waals surface area contributed by atoms with Gasteiger partial charge in [0.2, 0.25) is 8.32 Å². The summed E-state index contributed by atoms with van der Waals surface area (Å²) in [5.41, 5.74) is 0.583. The maximum atomic E-state index is 11.8. The molecule has 0 spiro atoms. The van der Waals surface area contributed by atoms with Gasteiger partial charge in [0.1, 0.15) is 0 Å². The summed E-state index contributed by atoms with van der Waals surface area (Å²) in [6.45, 7) is 3.73. The minimum atomic E-state index is -2.34. The van der Waals surface area contributed by atoms with E-state index in [9.17, 15) is 4.80 Å². The second kappa shape index (κ2) is 9.96. The Morgan fingerprint density at radius 3 is 2.21 bits per heavy atom. The lowest BCUT2D eigenvalue weighted by Crippen LogP contribution is -2.53. The first kappa shape index (κ1) is 20.0. The molecular weight excluding hydrogens is 334 g/mol. The average molecular weight is 368 g/mol. The van der Waals surface area contributed by atoms with E-state index in [0.717, 1.165) is 6.04 Å². The van der Waals surface area contributed by atoms with Gasteiger partial charge in [-0.25, -0.2) is 0 Å². The van der Waals surface area contributed by atoms with Gasteiger partial charge >= 0.3 is 0 Å². The Kier molecular flexibility index (Phi) is 8.28. The molecule has 1 atom stereocenters. The molecule has 136 valence electrons. The van der Waals surface area contributed by atoms with Crippen molar-refractivity contribution in [3.63, 3.8) is 0 Å². The zero-order valence-electron chi connectivity index (χ0n) is 15.0. The lowest BCUT2D eigenvalue weighted by molar-refractivity contribution is 0.228. The van der Waals surface area contributed by atoms with Gasteiger partial charge in [0.05, 0.1) is 0 Å². The smallest absolute Gasteiger partial charge is 0.223 e. The van der Waals surface area contributed by atoms with Crippen molar-refractivity contribution in [2.24, 2.45) is 0 Å². The molecule has 0 radical (unpaired) electrons. The van der Waals surface area contributed by atoms with E-state index in [1.54, 1.807) is 0 Å². The molecule has 0 bridgehead atoms. The summed E-state index contributed by atoms with van der Waals surface area (Å²) in [6.07, 6.45) is 11.8. The lowest BCUT2D eigenvalue weighted by atomic mass is 10.0. The van der Waals surface area contributed by atoms with Gasteiger partial charge in [-0.15, -0.1) is 12.4 Å². The van der Waals surface area contributed by atoms with Crippen LogP contribution in [0.5, 0.6) is 0 Å². The zero-order valence-corrected chi connectivity index (χ0v) is 16.8. The van der Waals surface area contributed by atoms with Gasteiger partial charge in [-0.3, -0.25) is 0 Å². The van der Waals surface area contributed by atoms with Crippen LogP contribution in [-0.4, -0.2) is 37.6 Å². The molecule has 1 saturated heterocycles. The van der Waals surface area contributed by atoms with Crippen LogP contribution >= 0.6 is 12.4 Å². The van der Waals surface area contributed by atoms with E-state index in [-0.39, 0.29) is 12.4 Å². The third kappa shape index (κ3) is 5.07. The summed E-state index contributed by atoms with van der Waals surface area (Å²) in [5, 5.41) is 1.28. The molecule has 24 heavy (non-hydrogen) atoms. The van der Waals surface area contributed by atoms with Crippen LogP contribution in [-0.2, 0) is 0 Å². The van der Waals surface area contributed by atoms with Crippen molar-refractivity contribution in [2.75, 3.05) is 19.6 Å². The van der Waals surface area contributed by atoms with Crippen molar-refractivity contribution in [2.45, 2.75) is 69.4 Å². The Balaban J connectivity index is 0.00000208. The molecule has 1 aromatic rings. The van der Waals surface area contributed by atoms with Crippen LogP contribution in [0.15, 0.2) is 30.3 Å². The number of hydrogen-bond acceptors (Lipinski definition) is 2. The van der Waals surface area contributed by atoms with Crippen LogP contribution < -0.4 is 5.19 Å². The molecule has 2 aliphatic rings. The molecule has 0 amide bonds. The second-order valence-corrected chi connectivity index (χ2v) is 11.4. The third-order valence-corrected chi connectivity index (χ3v) is 10.4. The van der Waals surface area contributed by atoms with Gasteiger partial charge in [0.25, 0.3) is 0 Å². The molecule has 1 aliphatic heterocycles. The Hall–Kier alpha value is -0.353. The summed E-state index contributed by atoms with van der Waals surface area (Å²) in [5.74, 6) is 0. The van der Waals surface area contributed by atoms with Crippen LogP contribution in [0.4, 0.5) is 0 Å². The van der Waals surface area contributed by atoms with E-state index >= 15 is 0 Å². The second-order valence-electron chi connectivity index (χ2n) is 7.63. The maximum Gasteiger partial charge on any atom is 0.223 e. The lowest BCUT2D eigenvalue weighted by Gasteiger charge is -2.37. The maximum absolute atomic E-state index is 11.8. The Bertz CT molecular complexity index is 460. The Labute approximate surface area is 155 Å². The highest BCUT2D eigenvalue weighted by atomic mass is 35.5. The third-order valence-electron chi connectivity index (χ3n) is 6.04. The molecule has 1 saturated carbocycles. The predicted octanol–water partition coefficient (Wildman–Crippen LogP) is 4.46. The number of likely N-dealkylation sites (tertiary alicyclic amines) is 1. The molecule has 1 aromatic carbocycles. The van der Waals surface area contributed by atoms with E-state index in [4.69, 9.17) is 0 Å². The van der Waals surface area contributed by atoms with Crippen molar-refractivity contribution in [1.82, 2.24) is 4.90 Å². The van der Waals surface area contributed by atoms with Crippen molar-refractivity contribution in [3.8, 4) is 0 Å². The largest absolute Gasteiger partial charge is 0.427 e. The van der Waals surface area contributed by atoms with E-state index in [2.05, 4.69) is 35.2 Å². The molecule has 4 heteroatoms. The molecule has 1 unspecified atom stereocenters. The highest BCUT2D eigenvalue weighted by molar-refractivity contribution is 6.86. The van der Waals surface area contributed by atoms with Crippen molar-refractivity contribution >= 4 is 25.9 Å². The molecule has 1 heterocycles. The van der Waals surface area contributed by atoms with Crippen LogP contribution in [0.3, 0.4) is 0 Å². The number of nitrogens with zero attached hydrogens (tertiary/aromatic N) is 1. The fourth-order valence-corrected chi connectivity index (χ4v) is 8.64. The fraction of sp³-hybridized carbons (Fsp3) is 0.700. The van der Waals surface area contributed by atoms with Gasteiger partial charge in [0.15, 0.2) is 0 Å². The van der Waals surface area contributed by atoms with Gasteiger partial charge in [-0.2, -0.15) is 0 Å². The monoisotopic (exact) mass is 367 g/mol. The van der Waals surface area contributed by atoms with Gasteiger partial charge < -0.3 is 9.70 Å². The number of piperidine rings is 1. The number of benzene rings is 1. The summed E-state index contributed by atoms with van der Waals surface area (Å²) < 4.78 is 0. The van der Waals surface area contributed by atoms with Crippen molar-refractivity contribution in [3.05, 3.63) is 30.3 Å². The molecule has 1 aliphatic carbocycles. The van der Waals surface area contributed by atoms with E-state index in [0.29, 0.717) is 5.54 Å². The zero-order chi connectivity index (χ0) is 16.0. The minimum Gasteiger partial charge on any atom is -0.427 e. The SMILES string of the molecule is Cl.O[Si](CCCN1CCCCC1)(c1ccccc1)C1CCCCC1. The minimum absolute atomic E-state index is 0. The first-order valence-corrected chi connectivity index (χ1v) is 12.0. The predicted molar refractivity (Wildman–Crippen MR) is 108 cm³/mol. The summed E-state index contributed by atoms with van der Waals surface area (Å²) in [6, 6.07) is 11.7. The summed E-state index contributed by atoms with van der Waals surface area (Å²) in [4.78, 5) is 14.4. The van der Waals surface area contributed by atoms with Crippen molar-refractivity contribution in [1.29, 1.82) is 0 Å². The van der Waals surface area contributed by atoms with E-state index in [1.807, 2.05) is 0 Å².